The molecule has 4 nitrogen and oxygen atoms in total. The molecule has 0 saturated carbocycles. The lowest BCUT2D eigenvalue weighted by Gasteiger charge is -2.16. The lowest BCUT2D eigenvalue weighted by molar-refractivity contribution is -0.139. The monoisotopic (exact) mass is 269 g/mol. The van der Waals surface area contributed by atoms with Gasteiger partial charge in [-0.2, -0.15) is 13.2 Å². The maximum Gasteiger partial charge on any atom is 0.416 e. The van der Waals surface area contributed by atoms with Crippen molar-refractivity contribution in [1.29, 1.82) is 0 Å². The number of aryl methyl sites for hydroxylation is 1. The number of aromatic nitrogens is 3. The molecule has 2 heterocycles. The maximum atomic E-state index is 12.8. The molecule has 0 fully saturated rings. The summed E-state index contributed by atoms with van der Waals surface area (Å²) < 4.78 is 38.4. The molecule has 1 unspecified atom stereocenters. The summed E-state index contributed by atoms with van der Waals surface area (Å²) >= 11 is 0. The largest absolute Gasteiger partial charge is 0.416 e. The van der Waals surface area contributed by atoms with E-state index in [0.717, 1.165) is 18.5 Å². The van der Waals surface area contributed by atoms with E-state index in [0.29, 0.717) is 5.69 Å². The van der Waals surface area contributed by atoms with Crippen molar-refractivity contribution in [3.63, 3.8) is 0 Å². The predicted molar refractivity (Wildman–Crippen MR) is 60.1 cm³/mol. The van der Waals surface area contributed by atoms with Crippen LogP contribution in [0.25, 0.3) is 0 Å². The van der Waals surface area contributed by atoms with Gasteiger partial charge in [-0.1, -0.05) is 0 Å². The molecule has 1 N–H and O–H groups in total. The van der Waals surface area contributed by atoms with Gasteiger partial charge in [0.2, 0.25) is 0 Å². The minimum Gasteiger partial charge on any atom is -0.382 e. The molecule has 0 bridgehead atoms. The molecule has 0 aliphatic rings. The van der Waals surface area contributed by atoms with Gasteiger partial charge in [-0.3, -0.25) is 15.0 Å². The zero-order valence-corrected chi connectivity index (χ0v) is 9.89. The predicted octanol–water partition coefficient (Wildman–Crippen LogP) is 2.28. The van der Waals surface area contributed by atoms with Gasteiger partial charge in [0.1, 0.15) is 6.10 Å². The van der Waals surface area contributed by atoms with E-state index >= 15 is 0 Å². The first kappa shape index (κ1) is 13.4. The van der Waals surface area contributed by atoms with E-state index in [-0.39, 0.29) is 11.3 Å². The van der Waals surface area contributed by atoms with Crippen molar-refractivity contribution in [1.82, 2.24) is 15.0 Å². The Morgan fingerprint density at radius 1 is 1.16 bits per heavy atom. The second-order valence-electron chi connectivity index (χ2n) is 3.95. The smallest absolute Gasteiger partial charge is 0.382 e. The van der Waals surface area contributed by atoms with Crippen LogP contribution >= 0.6 is 0 Å². The molecule has 2 aromatic rings. The van der Waals surface area contributed by atoms with Gasteiger partial charge in [0.05, 0.1) is 23.1 Å². The van der Waals surface area contributed by atoms with Gasteiger partial charge < -0.3 is 5.11 Å². The van der Waals surface area contributed by atoms with E-state index in [4.69, 9.17) is 0 Å². The first-order valence-electron chi connectivity index (χ1n) is 5.37. The molecule has 2 aromatic heterocycles. The van der Waals surface area contributed by atoms with Crippen LogP contribution in [0.1, 0.15) is 28.6 Å². The van der Waals surface area contributed by atoms with Crippen LogP contribution in [0.4, 0.5) is 13.2 Å². The van der Waals surface area contributed by atoms with Crippen LogP contribution in [-0.4, -0.2) is 20.1 Å². The van der Waals surface area contributed by atoms with E-state index in [1.54, 1.807) is 6.92 Å². The second-order valence-corrected chi connectivity index (χ2v) is 3.95. The SMILES string of the molecule is Cc1cnc(C(O)c2cnccc2C(F)(F)F)cn1. The number of rotatable bonds is 2. The summed E-state index contributed by atoms with van der Waals surface area (Å²) in [6.07, 6.45) is -1.44. The summed E-state index contributed by atoms with van der Waals surface area (Å²) in [5, 5.41) is 9.98. The molecule has 7 heteroatoms. The summed E-state index contributed by atoms with van der Waals surface area (Å²) in [7, 11) is 0. The van der Waals surface area contributed by atoms with Crippen LogP contribution in [0.3, 0.4) is 0 Å². The lowest BCUT2D eigenvalue weighted by Crippen LogP contribution is -2.14. The summed E-state index contributed by atoms with van der Waals surface area (Å²) in [5.74, 6) is 0. The molecular weight excluding hydrogens is 259 g/mol. The molecule has 100 valence electrons. The fraction of sp³-hybridized carbons (Fsp3) is 0.250. The number of alkyl halides is 3. The van der Waals surface area contributed by atoms with Crippen molar-refractivity contribution < 1.29 is 18.3 Å². The Bertz CT molecular complexity index is 569. The Balaban J connectivity index is 2.44. The number of hydrogen-bond donors (Lipinski definition) is 1. The van der Waals surface area contributed by atoms with E-state index < -0.39 is 17.8 Å². The molecule has 0 aromatic carbocycles. The summed E-state index contributed by atoms with van der Waals surface area (Å²) in [4.78, 5) is 11.4. The van der Waals surface area contributed by atoms with Crippen molar-refractivity contribution >= 4 is 0 Å². The molecule has 0 aliphatic heterocycles. The molecule has 0 saturated heterocycles. The van der Waals surface area contributed by atoms with Crippen LogP contribution in [0, 0.1) is 6.92 Å². The first-order chi connectivity index (χ1) is 8.89. The third-order valence-corrected chi connectivity index (χ3v) is 2.53. The Hall–Kier alpha value is -2.02. The number of aliphatic hydroxyl groups excluding tert-OH is 1. The number of pyridine rings is 1. The highest BCUT2D eigenvalue weighted by atomic mass is 19.4. The minimum absolute atomic E-state index is 0.0455. The third kappa shape index (κ3) is 2.87. The average molecular weight is 269 g/mol. The van der Waals surface area contributed by atoms with Crippen molar-refractivity contribution in [2.45, 2.75) is 19.2 Å². The van der Waals surface area contributed by atoms with Gasteiger partial charge in [0, 0.05) is 24.2 Å². The molecule has 0 aliphatic carbocycles. The minimum atomic E-state index is -4.56. The van der Waals surface area contributed by atoms with E-state index in [1.165, 1.54) is 12.4 Å². The zero-order valence-electron chi connectivity index (χ0n) is 9.89. The Morgan fingerprint density at radius 2 is 1.89 bits per heavy atom. The average Bonchev–Trinajstić information content (AvgIpc) is 2.38. The maximum absolute atomic E-state index is 12.8. The molecule has 0 amide bonds. The number of nitrogens with zero attached hydrogens (tertiary/aromatic N) is 3. The summed E-state index contributed by atoms with van der Waals surface area (Å²) in [6, 6.07) is 0.820. The molecule has 2 rings (SSSR count). The lowest BCUT2D eigenvalue weighted by atomic mass is 10.0. The van der Waals surface area contributed by atoms with Gasteiger partial charge >= 0.3 is 6.18 Å². The van der Waals surface area contributed by atoms with Gasteiger partial charge in [-0.15, -0.1) is 0 Å². The van der Waals surface area contributed by atoms with Crippen LogP contribution in [0.2, 0.25) is 0 Å². The van der Waals surface area contributed by atoms with Gasteiger partial charge in [-0.05, 0) is 13.0 Å². The standard InChI is InChI=1S/C12H10F3N3O/c1-7-4-18-10(6-17-7)11(19)8-5-16-3-2-9(8)12(13,14)15/h2-6,11,19H,1H3. The van der Waals surface area contributed by atoms with Crippen molar-refractivity contribution in [2.24, 2.45) is 0 Å². The number of halogens is 3. The fourth-order valence-electron chi connectivity index (χ4n) is 1.59. The second kappa shape index (κ2) is 4.93. The quantitative estimate of drug-likeness (QED) is 0.908. The molecule has 1 atom stereocenters. The van der Waals surface area contributed by atoms with Crippen LogP contribution < -0.4 is 0 Å². The van der Waals surface area contributed by atoms with Crippen molar-refractivity contribution in [3.8, 4) is 0 Å². The van der Waals surface area contributed by atoms with Crippen molar-refractivity contribution in [3.05, 3.63) is 53.4 Å². The Labute approximate surface area is 107 Å². The highest BCUT2D eigenvalue weighted by Crippen LogP contribution is 2.35. The summed E-state index contributed by atoms with van der Waals surface area (Å²) in [5.41, 5.74) is -0.618. The van der Waals surface area contributed by atoms with Crippen LogP contribution in [0.5, 0.6) is 0 Å². The Morgan fingerprint density at radius 3 is 2.47 bits per heavy atom. The van der Waals surface area contributed by atoms with E-state index in [1.807, 2.05) is 0 Å². The number of aliphatic hydroxyl groups is 1. The first-order valence-corrected chi connectivity index (χ1v) is 5.37. The van der Waals surface area contributed by atoms with Crippen LogP contribution in [0.15, 0.2) is 30.9 Å². The fourth-order valence-corrected chi connectivity index (χ4v) is 1.59. The molecule has 19 heavy (non-hydrogen) atoms. The van der Waals surface area contributed by atoms with Crippen LogP contribution in [-0.2, 0) is 6.18 Å². The van der Waals surface area contributed by atoms with Gasteiger partial charge in [-0.25, -0.2) is 0 Å². The van der Waals surface area contributed by atoms with Gasteiger partial charge in [0.15, 0.2) is 0 Å². The van der Waals surface area contributed by atoms with E-state index in [2.05, 4.69) is 15.0 Å². The molecular formula is C12H10F3N3O. The normalized spacial score (nSPS) is 13.3. The van der Waals surface area contributed by atoms with E-state index in [9.17, 15) is 18.3 Å². The molecule has 0 spiro atoms. The highest BCUT2D eigenvalue weighted by Gasteiger charge is 2.35. The third-order valence-electron chi connectivity index (χ3n) is 2.53. The highest BCUT2D eigenvalue weighted by molar-refractivity contribution is 5.32. The zero-order chi connectivity index (χ0) is 14.0. The summed E-state index contributed by atoms with van der Waals surface area (Å²) in [6.45, 7) is 1.69. The Kier molecular flexibility index (Phi) is 3.48. The number of hydrogen-bond acceptors (Lipinski definition) is 4. The van der Waals surface area contributed by atoms with Crippen molar-refractivity contribution in [2.75, 3.05) is 0 Å². The molecule has 0 radical (unpaired) electrons. The topological polar surface area (TPSA) is 58.9 Å². The van der Waals surface area contributed by atoms with Gasteiger partial charge in [0.25, 0.3) is 0 Å².